The minimum atomic E-state index is -0.0964. The van der Waals surface area contributed by atoms with Gasteiger partial charge in [0.15, 0.2) is 0 Å². The molecule has 0 unspecified atom stereocenters. The lowest BCUT2D eigenvalue weighted by Gasteiger charge is -1.99. The third-order valence-corrected chi connectivity index (χ3v) is 2.93. The summed E-state index contributed by atoms with van der Waals surface area (Å²) in [6.45, 7) is 2.37. The summed E-state index contributed by atoms with van der Waals surface area (Å²) < 4.78 is 13.1. The molecule has 1 nitrogen and oxygen atoms in total. The van der Waals surface area contributed by atoms with E-state index in [9.17, 15) is 4.39 Å². The van der Waals surface area contributed by atoms with Gasteiger partial charge < -0.3 is 5.11 Å². The van der Waals surface area contributed by atoms with Crippen molar-refractivity contribution in [1.29, 1.82) is 0 Å². The molecule has 0 saturated carbocycles. The van der Waals surface area contributed by atoms with Gasteiger partial charge in [-0.05, 0) is 37.8 Å². The van der Waals surface area contributed by atoms with E-state index in [-0.39, 0.29) is 5.83 Å². The van der Waals surface area contributed by atoms with Crippen molar-refractivity contribution in [3.8, 4) is 0 Å². The van der Waals surface area contributed by atoms with E-state index < -0.39 is 0 Å². The third-order valence-electron chi connectivity index (χ3n) is 2.93. The fraction of sp³-hybridized carbons (Fsp3) is 0.750. The zero-order valence-corrected chi connectivity index (χ0v) is 11.8. The molecule has 0 aromatic rings. The molecule has 0 amide bonds. The van der Waals surface area contributed by atoms with Crippen LogP contribution in [0.25, 0.3) is 0 Å². The van der Waals surface area contributed by atoms with Crippen molar-refractivity contribution in [3.05, 3.63) is 24.1 Å². The summed E-state index contributed by atoms with van der Waals surface area (Å²) in [7, 11) is 0. The van der Waals surface area contributed by atoms with Gasteiger partial charge in [0.05, 0.1) is 0 Å². The first-order valence-electron chi connectivity index (χ1n) is 7.44. The average molecular weight is 256 g/mol. The van der Waals surface area contributed by atoms with Crippen molar-refractivity contribution < 1.29 is 9.50 Å². The Hall–Kier alpha value is -0.630. The normalized spacial score (nSPS) is 12.5. The molecule has 0 saturated heterocycles. The van der Waals surface area contributed by atoms with Gasteiger partial charge in [0.25, 0.3) is 0 Å². The Morgan fingerprint density at radius 3 is 2.17 bits per heavy atom. The molecule has 0 fully saturated rings. The maximum absolute atomic E-state index is 13.1. The Balaban J connectivity index is 3.26. The highest BCUT2D eigenvalue weighted by Crippen LogP contribution is 2.09. The fourth-order valence-electron chi connectivity index (χ4n) is 1.80. The molecule has 0 aliphatic carbocycles. The highest BCUT2D eigenvalue weighted by Gasteiger charge is 1.91. The van der Waals surface area contributed by atoms with Crippen LogP contribution in [-0.2, 0) is 0 Å². The van der Waals surface area contributed by atoms with E-state index in [1.165, 1.54) is 25.7 Å². The number of hydrogen-bond acceptors (Lipinski definition) is 1. The second kappa shape index (κ2) is 14.4. The maximum Gasteiger partial charge on any atom is 0.118 e. The minimum Gasteiger partial charge on any atom is -0.396 e. The van der Waals surface area contributed by atoms with Crippen molar-refractivity contribution >= 4 is 0 Å². The molecule has 18 heavy (non-hydrogen) atoms. The summed E-state index contributed by atoms with van der Waals surface area (Å²) >= 11 is 0. The molecule has 0 radical (unpaired) electrons. The van der Waals surface area contributed by atoms with Crippen LogP contribution in [0.15, 0.2) is 24.1 Å². The molecule has 0 rings (SSSR count). The molecular weight excluding hydrogens is 227 g/mol. The summed E-state index contributed by atoms with van der Waals surface area (Å²) in [4.78, 5) is 0. The first-order valence-corrected chi connectivity index (χ1v) is 7.44. The van der Waals surface area contributed by atoms with Gasteiger partial charge in [-0.1, -0.05) is 51.5 Å². The molecule has 0 bridgehead atoms. The van der Waals surface area contributed by atoms with Crippen molar-refractivity contribution in [1.82, 2.24) is 0 Å². The third kappa shape index (κ3) is 13.4. The standard InChI is InChI=1S/C16H29FO/c1-2-3-13-16(17)14-11-9-7-5-4-6-8-10-12-15-18/h11,13-14,18H,2-10,12,15H2,1H3/b14-11+,16-13+. The fourth-order valence-corrected chi connectivity index (χ4v) is 1.80. The van der Waals surface area contributed by atoms with Crippen LogP contribution in [0, 0.1) is 0 Å². The van der Waals surface area contributed by atoms with Gasteiger partial charge in [0.2, 0.25) is 0 Å². The second-order valence-corrected chi connectivity index (χ2v) is 4.77. The van der Waals surface area contributed by atoms with Crippen molar-refractivity contribution in [3.63, 3.8) is 0 Å². The Morgan fingerprint density at radius 2 is 1.56 bits per heavy atom. The molecule has 0 aliphatic rings. The van der Waals surface area contributed by atoms with Crippen molar-refractivity contribution in [2.75, 3.05) is 6.61 Å². The average Bonchev–Trinajstić information content (AvgIpc) is 2.38. The Bertz CT molecular complexity index is 221. The quantitative estimate of drug-likeness (QED) is 0.370. The molecule has 1 N–H and O–H groups in total. The van der Waals surface area contributed by atoms with E-state index in [4.69, 9.17) is 5.11 Å². The predicted octanol–water partition coefficient (Wildman–Crippen LogP) is 5.31. The van der Waals surface area contributed by atoms with Gasteiger partial charge >= 0.3 is 0 Å². The summed E-state index contributed by atoms with van der Waals surface area (Å²) in [6.07, 6.45) is 16.2. The SMILES string of the molecule is CCC/C=C(F)\C=C\CCCCCCCCCO. The van der Waals surface area contributed by atoms with E-state index in [0.29, 0.717) is 6.61 Å². The second-order valence-electron chi connectivity index (χ2n) is 4.77. The van der Waals surface area contributed by atoms with Gasteiger partial charge in [0.1, 0.15) is 5.83 Å². The summed E-state index contributed by atoms with van der Waals surface area (Å²) in [5, 5.41) is 8.62. The molecule has 0 atom stereocenters. The van der Waals surface area contributed by atoms with Crippen LogP contribution in [0.2, 0.25) is 0 Å². The van der Waals surface area contributed by atoms with Gasteiger partial charge in [0, 0.05) is 6.61 Å². The van der Waals surface area contributed by atoms with Gasteiger partial charge in [-0.25, -0.2) is 4.39 Å². The van der Waals surface area contributed by atoms with Gasteiger partial charge in [-0.15, -0.1) is 0 Å². The molecular formula is C16H29FO. The van der Waals surface area contributed by atoms with Crippen molar-refractivity contribution in [2.45, 2.75) is 71.1 Å². The number of aliphatic hydroxyl groups is 1. The van der Waals surface area contributed by atoms with Crippen LogP contribution in [0.3, 0.4) is 0 Å². The van der Waals surface area contributed by atoms with Crippen LogP contribution < -0.4 is 0 Å². The number of allylic oxidation sites excluding steroid dienone is 4. The molecule has 0 aromatic carbocycles. The number of halogens is 1. The molecule has 0 spiro atoms. The van der Waals surface area contributed by atoms with E-state index in [1.54, 1.807) is 12.2 Å². The van der Waals surface area contributed by atoms with E-state index in [1.807, 2.05) is 13.0 Å². The van der Waals surface area contributed by atoms with Crippen LogP contribution in [-0.4, -0.2) is 11.7 Å². The molecule has 0 heterocycles. The van der Waals surface area contributed by atoms with Crippen LogP contribution >= 0.6 is 0 Å². The smallest absolute Gasteiger partial charge is 0.118 e. The van der Waals surface area contributed by atoms with E-state index in [2.05, 4.69) is 0 Å². The lowest BCUT2D eigenvalue weighted by molar-refractivity contribution is 0.282. The molecule has 106 valence electrons. The largest absolute Gasteiger partial charge is 0.396 e. The minimum absolute atomic E-state index is 0.0964. The van der Waals surface area contributed by atoms with Gasteiger partial charge in [-0.3, -0.25) is 0 Å². The van der Waals surface area contributed by atoms with E-state index in [0.717, 1.165) is 38.5 Å². The summed E-state index contributed by atoms with van der Waals surface area (Å²) in [5.74, 6) is -0.0964. The Kier molecular flexibility index (Phi) is 13.9. The highest BCUT2D eigenvalue weighted by atomic mass is 19.1. The lowest BCUT2D eigenvalue weighted by atomic mass is 10.1. The number of rotatable bonds is 12. The van der Waals surface area contributed by atoms with Crippen LogP contribution in [0.5, 0.6) is 0 Å². The van der Waals surface area contributed by atoms with Crippen LogP contribution in [0.4, 0.5) is 4.39 Å². The highest BCUT2D eigenvalue weighted by molar-refractivity contribution is 5.10. The molecule has 0 aliphatic heterocycles. The maximum atomic E-state index is 13.1. The summed E-state index contributed by atoms with van der Waals surface area (Å²) in [6, 6.07) is 0. The molecule has 2 heteroatoms. The van der Waals surface area contributed by atoms with Crippen LogP contribution in [0.1, 0.15) is 71.1 Å². The predicted molar refractivity (Wildman–Crippen MR) is 77.3 cm³/mol. The number of hydrogen-bond donors (Lipinski definition) is 1. The zero-order valence-electron chi connectivity index (χ0n) is 11.8. The van der Waals surface area contributed by atoms with E-state index >= 15 is 0 Å². The Labute approximate surface area is 112 Å². The lowest BCUT2D eigenvalue weighted by Crippen LogP contribution is -1.83. The topological polar surface area (TPSA) is 20.2 Å². The number of unbranched alkanes of at least 4 members (excludes halogenated alkanes) is 8. The van der Waals surface area contributed by atoms with Crippen molar-refractivity contribution in [2.24, 2.45) is 0 Å². The first-order chi connectivity index (χ1) is 8.81. The molecule has 0 aromatic heterocycles. The monoisotopic (exact) mass is 256 g/mol. The summed E-state index contributed by atoms with van der Waals surface area (Å²) in [5.41, 5.74) is 0. The first kappa shape index (κ1) is 17.4. The number of aliphatic hydroxyl groups excluding tert-OH is 1. The Morgan fingerprint density at radius 1 is 0.944 bits per heavy atom. The van der Waals surface area contributed by atoms with Gasteiger partial charge in [-0.2, -0.15) is 0 Å². The zero-order chi connectivity index (χ0) is 13.5.